The number of nitrogens with zero attached hydrogens (tertiary/aromatic N) is 2. The van der Waals surface area contributed by atoms with E-state index in [1.165, 1.54) is 11.6 Å². The van der Waals surface area contributed by atoms with Crippen LogP contribution >= 0.6 is 0 Å². The van der Waals surface area contributed by atoms with E-state index in [-0.39, 0.29) is 19.0 Å². The van der Waals surface area contributed by atoms with Gasteiger partial charge in [-0.2, -0.15) is 5.10 Å². The molecular formula is C20H21FN2O2. The zero-order valence-corrected chi connectivity index (χ0v) is 14.3. The smallest absolute Gasteiger partial charge is 0.131 e. The second-order valence-corrected chi connectivity index (χ2v) is 6.16. The Morgan fingerprint density at radius 2 is 2.00 bits per heavy atom. The lowest BCUT2D eigenvalue weighted by molar-refractivity contribution is 0.0890. The van der Waals surface area contributed by atoms with Crippen LogP contribution in [0.5, 0.6) is 5.75 Å². The molecule has 5 heteroatoms. The van der Waals surface area contributed by atoms with Crippen molar-refractivity contribution in [3.8, 4) is 16.9 Å². The van der Waals surface area contributed by atoms with Crippen LogP contribution in [-0.4, -0.2) is 27.6 Å². The maximum Gasteiger partial charge on any atom is 0.131 e. The predicted molar refractivity (Wildman–Crippen MR) is 95.0 cm³/mol. The molecule has 1 heterocycles. The van der Waals surface area contributed by atoms with Crippen LogP contribution in [0.25, 0.3) is 11.1 Å². The van der Waals surface area contributed by atoms with Gasteiger partial charge in [-0.1, -0.05) is 35.9 Å². The topological polar surface area (TPSA) is 47.3 Å². The highest BCUT2D eigenvalue weighted by Gasteiger charge is 2.11. The Bertz CT molecular complexity index is 860. The quantitative estimate of drug-likeness (QED) is 0.743. The number of halogens is 1. The lowest BCUT2D eigenvalue weighted by Gasteiger charge is -2.14. The highest BCUT2D eigenvalue weighted by molar-refractivity contribution is 5.62. The van der Waals surface area contributed by atoms with Crippen LogP contribution in [0.1, 0.15) is 11.1 Å². The van der Waals surface area contributed by atoms with Crippen molar-refractivity contribution in [2.45, 2.75) is 26.5 Å². The zero-order chi connectivity index (χ0) is 17.8. The molecular weight excluding hydrogens is 319 g/mol. The van der Waals surface area contributed by atoms with E-state index in [9.17, 15) is 9.50 Å². The van der Waals surface area contributed by atoms with Crippen LogP contribution in [0.2, 0.25) is 0 Å². The summed E-state index contributed by atoms with van der Waals surface area (Å²) >= 11 is 0. The summed E-state index contributed by atoms with van der Waals surface area (Å²) in [6, 6.07) is 12.5. The molecule has 0 aliphatic heterocycles. The summed E-state index contributed by atoms with van der Waals surface area (Å²) in [5.74, 6) is 0.470. The van der Waals surface area contributed by atoms with Gasteiger partial charge < -0.3 is 9.84 Å². The largest absolute Gasteiger partial charge is 0.491 e. The highest BCUT2D eigenvalue weighted by atomic mass is 19.1. The molecule has 2 aromatic carbocycles. The number of aryl methyl sites for hydroxylation is 2. The molecule has 1 atom stereocenters. The van der Waals surface area contributed by atoms with Gasteiger partial charge in [-0.05, 0) is 31.5 Å². The normalized spacial score (nSPS) is 12.2. The van der Waals surface area contributed by atoms with Crippen molar-refractivity contribution in [1.29, 1.82) is 0 Å². The second kappa shape index (κ2) is 7.49. The molecule has 0 radical (unpaired) electrons. The van der Waals surface area contributed by atoms with E-state index >= 15 is 0 Å². The Kier molecular flexibility index (Phi) is 5.14. The molecule has 0 saturated heterocycles. The second-order valence-electron chi connectivity index (χ2n) is 6.16. The third-order valence-corrected chi connectivity index (χ3v) is 3.98. The van der Waals surface area contributed by atoms with Gasteiger partial charge in [0.15, 0.2) is 0 Å². The van der Waals surface area contributed by atoms with Crippen LogP contribution in [0.3, 0.4) is 0 Å². The Morgan fingerprint density at radius 1 is 1.20 bits per heavy atom. The first-order valence-electron chi connectivity index (χ1n) is 8.18. The summed E-state index contributed by atoms with van der Waals surface area (Å²) in [4.78, 5) is 0. The first kappa shape index (κ1) is 17.2. The van der Waals surface area contributed by atoms with Gasteiger partial charge in [-0.3, -0.25) is 4.68 Å². The van der Waals surface area contributed by atoms with Gasteiger partial charge >= 0.3 is 0 Å². The minimum atomic E-state index is -0.714. The highest BCUT2D eigenvalue weighted by Crippen LogP contribution is 2.22. The van der Waals surface area contributed by atoms with E-state index < -0.39 is 6.10 Å². The molecule has 3 aromatic rings. The molecule has 4 nitrogen and oxygen atoms in total. The van der Waals surface area contributed by atoms with E-state index in [0.717, 1.165) is 11.3 Å². The molecule has 1 unspecified atom stereocenters. The summed E-state index contributed by atoms with van der Waals surface area (Å²) in [6.45, 7) is 4.44. The molecule has 3 rings (SSSR count). The van der Waals surface area contributed by atoms with Crippen LogP contribution in [0.4, 0.5) is 4.39 Å². The van der Waals surface area contributed by atoms with Gasteiger partial charge in [-0.15, -0.1) is 0 Å². The van der Waals surface area contributed by atoms with Crippen molar-refractivity contribution in [2.24, 2.45) is 0 Å². The lowest BCUT2D eigenvalue weighted by atomic mass is 10.1. The van der Waals surface area contributed by atoms with Crippen molar-refractivity contribution in [3.05, 3.63) is 71.8 Å². The SMILES string of the molecule is Cc1ccc(OCC(O)Cn2cc(-c3ccccc3F)cn2)c(C)c1. The third kappa shape index (κ3) is 4.25. The Hall–Kier alpha value is -2.66. The molecule has 1 N–H and O–H groups in total. The Balaban J connectivity index is 1.60. The monoisotopic (exact) mass is 340 g/mol. The van der Waals surface area contributed by atoms with Gasteiger partial charge in [0, 0.05) is 17.3 Å². The maximum atomic E-state index is 13.8. The van der Waals surface area contributed by atoms with E-state index in [2.05, 4.69) is 5.10 Å². The van der Waals surface area contributed by atoms with E-state index in [1.807, 2.05) is 32.0 Å². The molecule has 130 valence electrons. The van der Waals surface area contributed by atoms with Gasteiger partial charge in [-0.25, -0.2) is 4.39 Å². The standard InChI is InChI=1S/C20H21FN2O2/c1-14-7-8-20(15(2)9-14)25-13-17(24)12-23-11-16(10-22-23)18-5-3-4-6-19(18)21/h3-11,17,24H,12-13H2,1-2H3. The average Bonchev–Trinajstić information content (AvgIpc) is 3.02. The molecule has 25 heavy (non-hydrogen) atoms. The summed E-state index contributed by atoms with van der Waals surface area (Å²) < 4.78 is 21.1. The van der Waals surface area contributed by atoms with E-state index in [0.29, 0.717) is 11.1 Å². The van der Waals surface area contributed by atoms with Crippen molar-refractivity contribution in [2.75, 3.05) is 6.61 Å². The van der Waals surface area contributed by atoms with Crippen molar-refractivity contribution in [1.82, 2.24) is 9.78 Å². The summed E-state index contributed by atoms with van der Waals surface area (Å²) in [7, 11) is 0. The van der Waals surface area contributed by atoms with Crippen molar-refractivity contribution < 1.29 is 14.2 Å². The number of rotatable bonds is 6. The number of hydrogen-bond acceptors (Lipinski definition) is 3. The minimum absolute atomic E-state index is 0.165. The van der Waals surface area contributed by atoms with E-state index in [1.54, 1.807) is 35.3 Å². The number of ether oxygens (including phenoxy) is 1. The summed E-state index contributed by atoms with van der Waals surface area (Å²) in [5.41, 5.74) is 3.38. The Morgan fingerprint density at radius 3 is 2.76 bits per heavy atom. The maximum absolute atomic E-state index is 13.8. The van der Waals surface area contributed by atoms with Crippen molar-refractivity contribution >= 4 is 0 Å². The number of hydrogen-bond donors (Lipinski definition) is 1. The summed E-state index contributed by atoms with van der Waals surface area (Å²) in [6.07, 6.45) is 2.60. The third-order valence-electron chi connectivity index (χ3n) is 3.98. The molecule has 1 aromatic heterocycles. The molecule has 0 spiro atoms. The van der Waals surface area contributed by atoms with Crippen LogP contribution in [-0.2, 0) is 6.54 Å². The molecule has 0 saturated carbocycles. The fourth-order valence-electron chi connectivity index (χ4n) is 2.71. The predicted octanol–water partition coefficient (Wildman–Crippen LogP) is 3.75. The fourth-order valence-corrected chi connectivity index (χ4v) is 2.71. The van der Waals surface area contributed by atoms with Gasteiger partial charge in [0.05, 0.1) is 12.7 Å². The number of aliphatic hydroxyl groups excluding tert-OH is 1. The Labute approximate surface area is 146 Å². The van der Waals surface area contributed by atoms with E-state index in [4.69, 9.17) is 4.74 Å². The minimum Gasteiger partial charge on any atom is -0.491 e. The molecule has 0 aliphatic carbocycles. The fraction of sp³-hybridized carbons (Fsp3) is 0.250. The number of aromatic nitrogens is 2. The molecule has 0 amide bonds. The number of aliphatic hydroxyl groups is 1. The summed E-state index contributed by atoms with van der Waals surface area (Å²) in [5, 5.41) is 14.4. The average molecular weight is 340 g/mol. The molecule has 0 bridgehead atoms. The lowest BCUT2D eigenvalue weighted by Crippen LogP contribution is -2.24. The zero-order valence-electron chi connectivity index (χ0n) is 14.3. The number of benzene rings is 2. The van der Waals surface area contributed by atoms with Gasteiger partial charge in [0.2, 0.25) is 0 Å². The van der Waals surface area contributed by atoms with Crippen LogP contribution in [0.15, 0.2) is 54.9 Å². The van der Waals surface area contributed by atoms with Crippen LogP contribution in [0, 0.1) is 19.7 Å². The molecule has 0 aliphatic rings. The van der Waals surface area contributed by atoms with Gasteiger partial charge in [0.1, 0.15) is 24.3 Å². The first-order valence-corrected chi connectivity index (χ1v) is 8.18. The van der Waals surface area contributed by atoms with Crippen LogP contribution < -0.4 is 4.74 Å². The first-order chi connectivity index (χ1) is 12.0. The van der Waals surface area contributed by atoms with Gasteiger partial charge in [0.25, 0.3) is 0 Å². The molecule has 0 fully saturated rings. The van der Waals surface area contributed by atoms with Crippen molar-refractivity contribution in [3.63, 3.8) is 0 Å².